The number of ketones is 1. The first-order valence-electron chi connectivity index (χ1n) is 8.61. The van der Waals surface area contributed by atoms with Crippen molar-refractivity contribution in [2.45, 2.75) is 72.6 Å². The lowest BCUT2D eigenvalue weighted by Crippen LogP contribution is -2.49. The Hall–Kier alpha value is -0.850. The van der Waals surface area contributed by atoms with E-state index in [1.165, 1.54) is 30.4 Å². The zero-order chi connectivity index (χ0) is 15.5. The summed E-state index contributed by atoms with van der Waals surface area (Å²) >= 11 is 0. The van der Waals surface area contributed by atoms with Gasteiger partial charge in [0.1, 0.15) is 0 Å². The first-order chi connectivity index (χ1) is 9.72. The van der Waals surface area contributed by atoms with Crippen LogP contribution in [0, 0.1) is 22.2 Å². The van der Waals surface area contributed by atoms with Crippen LogP contribution in [0.5, 0.6) is 0 Å². The standard InChI is InChI=1S/C20H30O/c1-6-19(4)11-8-15-14(13-19)16(21)12-17-18(2,3)9-7-10-20(15,17)5/h6,17H,1,7-13H2,2-5H3/t17?,19-,20-/m1/s1. The van der Waals surface area contributed by atoms with Crippen LogP contribution in [-0.4, -0.2) is 5.78 Å². The van der Waals surface area contributed by atoms with Crippen LogP contribution >= 0.6 is 0 Å². The minimum absolute atomic E-state index is 0.127. The summed E-state index contributed by atoms with van der Waals surface area (Å²) in [6.07, 6.45) is 9.89. The van der Waals surface area contributed by atoms with Crippen LogP contribution in [-0.2, 0) is 4.79 Å². The SMILES string of the molecule is C=C[C@]1(C)CCC2=C(C1)C(=O)CC1C(C)(C)CCC[C@]21C. The molecule has 0 radical (unpaired) electrons. The van der Waals surface area contributed by atoms with Crippen LogP contribution in [0.15, 0.2) is 23.8 Å². The molecule has 116 valence electrons. The highest BCUT2D eigenvalue weighted by Gasteiger charge is 2.53. The molecule has 0 aromatic heterocycles. The highest BCUT2D eigenvalue weighted by Crippen LogP contribution is 2.62. The van der Waals surface area contributed by atoms with Gasteiger partial charge in [-0.3, -0.25) is 4.79 Å². The normalized spacial score (nSPS) is 42.3. The molecule has 0 heterocycles. The van der Waals surface area contributed by atoms with Crippen molar-refractivity contribution in [3.63, 3.8) is 0 Å². The molecule has 0 bridgehead atoms. The quantitative estimate of drug-likeness (QED) is 0.585. The van der Waals surface area contributed by atoms with E-state index < -0.39 is 0 Å². The summed E-state index contributed by atoms with van der Waals surface area (Å²) in [5, 5.41) is 0. The third-order valence-corrected chi connectivity index (χ3v) is 7.03. The Labute approximate surface area is 129 Å². The van der Waals surface area contributed by atoms with E-state index in [0.29, 0.717) is 17.1 Å². The van der Waals surface area contributed by atoms with E-state index in [0.717, 1.165) is 25.7 Å². The Kier molecular flexibility index (Phi) is 3.28. The van der Waals surface area contributed by atoms with E-state index in [-0.39, 0.29) is 10.8 Å². The molecular formula is C20H30O. The number of hydrogen-bond donors (Lipinski definition) is 0. The average Bonchev–Trinajstić information content (AvgIpc) is 2.41. The molecule has 1 heteroatoms. The molecule has 1 saturated carbocycles. The zero-order valence-electron chi connectivity index (χ0n) is 14.2. The third-order valence-electron chi connectivity index (χ3n) is 7.03. The molecule has 0 aromatic rings. The van der Waals surface area contributed by atoms with Gasteiger partial charge in [-0.25, -0.2) is 0 Å². The van der Waals surface area contributed by atoms with E-state index in [9.17, 15) is 4.79 Å². The first kappa shape index (κ1) is 15.1. The van der Waals surface area contributed by atoms with Crippen LogP contribution in [0.1, 0.15) is 72.6 Å². The second-order valence-corrected chi connectivity index (χ2v) is 8.93. The van der Waals surface area contributed by atoms with Gasteiger partial charge in [-0.2, -0.15) is 0 Å². The first-order valence-corrected chi connectivity index (χ1v) is 8.61. The van der Waals surface area contributed by atoms with Crippen molar-refractivity contribution in [2.75, 3.05) is 0 Å². The number of allylic oxidation sites excluding steroid dienone is 3. The van der Waals surface area contributed by atoms with Crippen molar-refractivity contribution in [1.82, 2.24) is 0 Å². The summed E-state index contributed by atoms with van der Waals surface area (Å²) in [7, 11) is 0. The van der Waals surface area contributed by atoms with E-state index in [4.69, 9.17) is 0 Å². The highest BCUT2D eigenvalue weighted by atomic mass is 16.1. The van der Waals surface area contributed by atoms with Crippen LogP contribution in [0.2, 0.25) is 0 Å². The second kappa shape index (κ2) is 4.57. The fourth-order valence-corrected chi connectivity index (χ4v) is 5.53. The van der Waals surface area contributed by atoms with E-state index in [1.807, 2.05) is 0 Å². The van der Waals surface area contributed by atoms with Crippen LogP contribution in [0.3, 0.4) is 0 Å². The number of carbonyl (C=O) groups is 1. The van der Waals surface area contributed by atoms with Gasteiger partial charge in [0.15, 0.2) is 5.78 Å². The van der Waals surface area contributed by atoms with Gasteiger partial charge in [0, 0.05) is 6.42 Å². The number of rotatable bonds is 1. The van der Waals surface area contributed by atoms with E-state index in [1.54, 1.807) is 0 Å². The molecule has 3 rings (SSSR count). The molecule has 3 atom stereocenters. The molecule has 3 aliphatic rings. The van der Waals surface area contributed by atoms with Gasteiger partial charge in [-0.1, -0.05) is 45.8 Å². The summed E-state index contributed by atoms with van der Waals surface area (Å²) in [5.74, 6) is 0.980. The summed E-state index contributed by atoms with van der Waals surface area (Å²) in [4.78, 5) is 12.8. The smallest absolute Gasteiger partial charge is 0.159 e. The monoisotopic (exact) mass is 286 g/mol. The van der Waals surface area contributed by atoms with Gasteiger partial charge in [-0.15, -0.1) is 6.58 Å². The van der Waals surface area contributed by atoms with Crippen molar-refractivity contribution >= 4 is 5.78 Å². The Morgan fingerprint density at radius 3 is 2.52 bits per heavy atom. The van der Waals surface area contributed by atoms with Crippen LogP contribution in [0.25, 0.3) is 0 Å². The summed E-state index contributed by atoms with van der Waals surface area (Å²) in [6, 6.07) is 0. The average molecular weight is 286 g/mol. The molecule has 1 fully saturated rings. The van der Waals surface area contributed by atoms with Gasteiger partial charge in [0.25, 0.3) is 0 Å². The minimum atomic E-state index is 0.127. The lowest BCUT2D eigenvalue weighted by atomic mass is 9.48. The largest absolute Gasteiger partial charge is 0.295 e. The minimum Gasteiger partial charge on any atom is -0.295 e. The zero-order valence-corrected chi connectivity index (χ0v) is 14.2. The van der Waals surface area contributed by atoms with E-state index >= 15 is 0 Å². The second-order valence-electron chi connectivity index (χ2n) is 8.93. The number of hydrogen-bond acceptors (Lipinski definition) is 1. The molecule has 0 spiro atoms. The Morgan fingerprint density at radius 2 is 1.86 bits per heavy atom. The molecule has 1 unspecified atom stereocenters. The lowest BCUT2D eigenvalue weighted by molar-refractivity contribution is -0.122. The molecule has 0 aliphatic heterocycles. The van der Waals surface area contributed by atoms with Gasteiger partial charge in [0.05, 0.1) is 0 Å². The molecule has 1 nitrogen and oxygen atoms in total. The van der Waals surface area contributed by atoms with Crippen molar-refractivity contribution in [1.29, 1.82) is 0 Å². The maximum Gasteiger partial charge on any atom is 0.159 e. The number of carbonyl (C=O) groups excluding carboxylic acids is 1. The van der Waals surface area contributed by atoms with Crippen molar-refractivity contribution in [3.8, 4) is 0 Å². The lowest BCUT2D eigenvalue weighted by Gasteiger charge is -2.56. The van der Waals surface area contributed by atoms with Gasteiger partial charge in [-0.05, 0) is 59.8 Å². The van der Waals surface area contributed by atoms with Crippen molar-refractivity contribution in [3.05, 3.63) is 23.8 Å². The van der Waals surface area contributed by atoms with Crippen LogP contribution < -0.4 is 0 Å². The number of Topliss-reactive ketones (excluding diaryl/α,β-unsaturated/α-hetero) is 1. The number of fused-ring (bicyclic) bond motifs is 2. The molecule has 0 aromatic carbocycles. The Bertz CT molecular complexity index is 524. The third kappa shape index (κ3) is 2.15. The van der Waals surface area contributed by atoms with Crippen molar-refractivity contribution < 1.29 is 4.79 Å². The molecule has 0 N–H and O–H groups in total. The van der Waals surface area contributed by atoms with Gasteiger partial charge < -0.3 is 0 Å². The topological polar surface area (TPSA) is 17.1 Å². The Morgan fingerprint density at radius 1 is 1.14 bits per heavy atom. The summed E-state index contributed by atoms with van der Waals surface area (Å²) in [6.45, 7) is 13.5. The van der Waals surface area contributed by atoms with Gasteiger partial charge in [0.2, 0.25) is 0 Å². The predicted octanol–water partition coefficient (Wildman–Crippen LogP) is 5.46. The molecule has 3 aliphatic carbocycles. The summed E-state index contributed by atoms with van der Waals surface area (Å²) < 4.78 is 0. The van der Waals surface area contributed by atoms with Crippen LogP contribution in [0.4, 0.5) is 0 Å². The maximum absolute atomic E-state index is 12.8. The molecule has 0 amide bonds. The van der Waals surface area contributed by atoms with Gasteiger partial charge >= 0.3 is 0 Å². The van der Waals surface area contributed by atoms with E-state index in [2.05, 4.69) is 40.3 Å². The molecule has 21 heavy (non-hydrogen) atoms. The summed E-state index contributed by atoms with van der Waals surface area (Å²) in [5.41, 5.74) is 3.41. The fraction of sp³-hybridized carbons (Fsp3) is 0.750. The highest BCUT2D eigenvalue weighted by molar-refractivity contribution is 5.98. The molecular weight excluding hydrogens is 256 g/mol. The maximum atomic E-state index is 12.8. The fourth-order valence-electron chi connectivity index (χ4n) is 5.53. The van der Waals surface area contributed by atoms with Crippen molar-refractivity contribution in [2.24, 2.45) is 22.2 Å². The Balaban J connectivity index is 2.07. The predicted molar refractivity (Wildman–Crippen MR) is 88.0 cm³/mol. The molecule has 0 saturated heterocycles.